The Bertz CT molecular complexity index is 1210. The lowest BCUT2D eigenvalue weighted by Crippen LogP contribution is -2.54. The molecule has 0 radical (unpaired) electrons. The zero-order valence-electron chi connectivity index (χ0n) is 19.7. The third-order valence-electron chi connectivity index (χ3n) is 4.79. The van der Waals surface area contributed by atoms with Gasteiger partial charge in [-0.25, -0.2) is 9.69 Å². The molecule has 0 unspecified atom stereocenters. The van der Waals surface area contributed by atoms with Gasteiger partial charge in [0.05, 0.1) is 42.1 Å². The molecule has 1 saturated heterocycles. The van der Waals surface area contributed by atoms with Gasteiger partial charge in [0.2, 0.25) is 0 Å². The minimum absolute atomic E-state index is 0.0616. The van der Waals surface area contributed by atoms with E-state index in [1.807, 2.05) is 20.8 Å². The van der Waals surface area contributed by atoms with Crippen molar-refractivity contribution in [3.05, 3.63) is 44.9 Å². The summed E-state index contributed by atoms with van der Waals surface area (Å²) in [5, 5.41) is 2.41. The second-order valence-corrected chi connectivity index (χ2v) is 8.81. The molecule has 0 spiro atoms. The summed E-state index contributed by atoms with van der Waals surface area (Å²) in [5.74, 6) is -0.395. The molecule has 35 heavy (non-hydrogen) atoms. The predicted octanol–water partition coefficient (Wildman–Crippen LogP) is 4.97. The molecule has 0 bridgehead atoms. The quantitative estimate of drug-likeness (QED) is 0.355. The summed E-state index contributed by atoms with van der Waals surface area (Å²) in [5.41, 5.74) is 0.267. The SMILES string of the molecule is CCOc1cc(/C=C2\C(=O)NC(=O)N(c3cc(OC)c(Cl)cc3OC)C2=O)cc(Br)c1OC(C)C. The van der Waals surface area contributed by atoms with Gasteiger partial charge >= 0.3 is 6.03 Å². The molecule has 9 nitrogen and oxygen atoms in total. The van der Waals surface area contributed by atoms with Crippen molar-refractivity contribution >= 4 is 57.1 Å². The number of ether oxygens (including phenoxy) is 4. The first-order valence-corrected chi connectivity index (χ1v) is 11.7. The predicted molar refractivity (Wildman–Crippen MR) is 135 cm³/mol. The standard InChI is InChI=1S/C24H24BrClN2O7/c1-6-34-20-9-13(8-15(25)21(20)35-12(2)3)7-14-22(29)27-24(31)28(23(14)30)17-11-18(32-4)16(26)10-19(17)33-5/h7-12H,6H2,1-5H3,(H,27,29,31)/b14-7+. The van der Waals surface area contributed by atoms with E-state index in [-0.39, 0.29) is 33.9 Å². The first-order chi connectivity index (χ1) is 16.6. The Balaban J connectivity index is 2.10. The van der Waals surface area contributed by atoms with E-state index >= 15 is 0 Å². The molecule has 3 rings (SSSR count). The summed E-state index contributed by atoms with van der Waals surface area (Å²) >= 11 is 9.61. The number of methoxy groups -OCH3 is 2. The van der Waals surface area contributed by atoms with Crippen LogP contribution in [-0.2, 0) is 9.59 Å². The second-order valence-electron chi connectivity index (χ2n) is 7.55. The zero-order valence-corrected chi connectivity index (χ0v) is 22.1. The average Bonchev–Trinajstić information content (AvgIpc) is 2.79. The normalized spacial score (nSPS) is 14.9. The highest BCUT2D eigenvalue weighted by Gasteiger charge is 2.38. The summed E-state index contributed by atoms with van der Waals surface area (Å²) < 4.78 is 22.6. The van der Waals surface area contributed by atoms with Crippen molar-refractivity contribution in [1.82, 2.24) is 5.32 Å². The van der Waals surface area contributed by atoms with Crippen molar-refractivity contribution in [3.63, 3.8) is 0 Å². The van der Waals surface area contributed by atoms with E-state index in [9.17, 15) is 14.4 Å². The van der Waals surface area contributed by atoms with Crippen LogP contribution < -0.4 is 29.2 Å². The molecule has 0 saturated carbocycles. The van der Waals surface area contributed by atoms with Crippen LogP contribution in [0.1, 0.15) is 26.3 Å². The van der Waals surface area contributed by atoms with Crippen molar-refractivity contribution in [1.29, 1.82) is 0 Å². The van der Waals surface area contributed by atoms with Crippen LogP contribution >= 0.6 is 27.5 Å². The van der Waals surface area contributed by atoms with Crippen molar-refractivity contribution < 1.29 is 33.3 Å². The molecule has 1 aliphatic rings. The topological polar surface area (TPSA) is 103 Å². The lowest BCUT2D eigenvalue weighted by atomic mass is 10.1. The number of barbiturate groups is 1. The number of rotatable bonds is 8. The number of hydrogen-bond donors (Lipinski definition) is 1. The largest absolute Gasteiger partial charge is 0.495 e. The lowest BCUT2D eigenvalue weighted by molar-refractivity contribution is -0.122. The number of imide groups is 2. The minimum atomic E-state index is -0.934. The highest BCUT2D eigenvalue weighted by Crippen LogP contribution is 2.40. The van der Waals surface area contributed by atoms with E-state index in [4.69, 9.17) is 30.5 Å². The van der Waals surface area contributed by atoms with Crippen LogP contribution in [0.5, 0.6) is 23.0 Å². The first-order valence-electron chi connectivity index (χ1n) is 10.6. The fourth-order valence-electron chi connectivity index (χ4n) is 3.35. The lowest BCUT2D eigenvalue weighted by Gasteiger charge is -2.28. The molecule has 1 fully saturated rings. The van der Waals surface area contributed by atoms with Crippen molar-refractivity contribution in [2.24, 2.45) is 0 Å². The van der Waals surface area contributed by atoms with Gasteiger partial charge in [-0.15, -0.1) is 0 Å². The minimum Gasteiger partial charge on any atom is -0.495 e. The van der Waals surface area contributed by atoms with Crippen LogP contribution in [0, 0.1) is 0 Å². The summed E-state index contributed by atoms with van der Waals surface area (Å²) in [6.07, 6.45) is 1.26. The van der Waals surface area contributed by atoms with Crippen LogP contribution in [0.15, 0.2) is 34.3 Å². The molecule has 0 atom stereocenters. The van der Waals surface area contributed by atoms with E-state index in [0.717, 1.165) is 4.90 Å². The van der Waals surface area contributed by atoms with Gasteiger partial charge < -0.3 is 18.9 Å². The fraction of sp³-hybridized carbons (Fsp3) is 0.292. The molecule has 1 N–H and O–H groups in total. The van der Waals surface area contributed by atoms with E-state index < -0.39 is 17.8 Å². The number of nitrogens with one attached hydrogen (secondary N) is 1. The zero-order chi connectivity index (χ0) is 25.9. The van der Waals surface area contributed by atoms with E-state index in [1.165, 1.54) is 32.4 Å². The van der Waals surface area contributed by atoms with Gasteiger partial charge in [-0.2, -0.15) is 0 Å². The van der Waals surface area contributed by atoms with Gasteiger partial charge in [0.1, 0.15) is 17.1 Å². The van der Waals surface area contributed by atoms with Crippen molar-refractivity contribution in [2.75, 3.05) is 25.7 Å². The monoisotopic (exact) mass is 566 g/mol. The first kappa shape index (κ1) is 26.4. The molecule has 4 amide bonds. The maximum Gasteiger partial charge on any atom is 0.336 e. The number of nitrogens with zero attached hydrogens (tertiary/aromatic N) is 1. The molecule has 186 valence electrons. The van der Waals surface area contributed by atoms with Crippen molar-refractivity contribution in [3.8, 4) is 23.0 Å². The number of carbonyl (C=O) groups excluding carboxylic acids is 3. The van der Waals surface area contributed by atoms with E-state index in [2.05, 4.69) is 21.2 Å². The van der Waals surface area contributed by atoms with Crippen LogP contribution in [-0.4, -0.2) is 44.8 Å². The Morgan fingerprint density at radius 2 is 1.74 bits per heavy atom. The highest BCUT2D eigenvalue weighted by atomic mass is 79.9. The molecule has 1 heterocycles. The third-order valence-corrected chi connectivity index (χ3v) is 5.68. The van der Waals surface area contributed by atoms with Gasteiger partial charge in [-0.05, 0) is 60.5 Å². The fourth-order valence-corrected chi connectivity index (χ4v) is 4.13. The molecule has 1 aliphatic heterocycles. The van der Waals surface area contributed by atoms with Gasteiger partial charge in [-0.1, -0.05) is 11.6 Å². The molecular weight excluding hydrogens is 544 g/mol. The second kappa shape index (κ2) is 11.0. The summed E-state index contributed by atoms with van der Waals surface area (Å²) in [7, 11) is 2.76. The number of amides is 4. The Morgan fingerprint density at radius 3 is 2.34 bits per heavy atom. The molecule has 0 aliphatic carbocycles. The number of benzene rings is 2. The van der Waals surface area contributed by atoms with Gasteiger partial charge in [0.15, 0.2) is 11.5 Å². The Labute approximate surface area is 216 Å². The molecule has 0 aromatic heterocycles. The number of anilines is 1. The Morgan fingerprint density at radius 1 is 1.06 bits per heavy atom. The van der Waals surface area contributed by atoms with Crippen LogP contribution in [0.4, 0.5) is 10.5 Å². The van der Waals surface area contributed by atoms with E-state index in [0.29, 0.717) is 28.1 Å². The molecular formula is C24H24BrClN2O7. The summed E-state index contributed by atoms with van der Waals surface area (Å²) in [4.78, 5) is 39.5. The number of carbonyl (C=O) groups is 3. The molecule has 2 aromatic carbocycles. The summed E-state index contributed by atoms with van der Waals surface area (Å²) in [6.45, 7) is 5.97. The molecule has 2 aromatic rings. The number of hydrogen-bond acceptors (Lipinski definition) is 7. The number of halogens is 2. The van der Waals surface area contributed by atoms with Crippen LogP contribution in [0.25, 0.3) is 6.08 Å². The summed E-state index contributed by atoms with van der Waals surface area (Å²) in [6, 6.07) is 5.19. The van der Waals surface area contributed by atoms with Crippen LogP contribution in [0.3, 0.4) is 0 Å². The third kappa shape index (κ3) is 5.54. The van der Waals surface area contributed by atoms with Gasteiger partial charge in [0.25, 0.3) is 11.8 Å². The van der Waals surface area contributed by atoms with Gasteiger partial charge in [0, 0.05) is 12.1 Å². The Hall–Kier alpha value is -3.24. The van der Waals surface area contributed by atoms with Crippen molar-refractivity contribution in [2.45, 2.75) is 26.9 Å². The van der Waals surface area contributed by atoms with Gasteiger partial charge in [-0.3, -0.25) is 14.9 Å². The highest BCUT2D eigenvalue weighted by molar-refractivity contribution is 9.10. The maximum atomic E-state index is 13.4. The Kier molecular flexibility index (Phi) is 8.29. The number of urea groups is 1. The average molecular weight is 568 g/mol. The van der Waals surface area contributed by atoms with Crippen LogP contribution in [0.2, 0.25) is 5.02 Å². The smallest absolute Gasteiger partial charge is 0.336 e. The van der Waals surface area contributed by atoms with E-state index in [1.54, 1.807) is 12.1 Å². The maximum absolute atomic E-state index is 13.4. The molecule has 11 heteroatoms.